The van der Waals surface area contributed by atoms with Crippen LogP contribution in [0, 0.1) is 0 Å². The van der Waals surface area contributed by atoms with Gasteiger partial charge >= 0.3 is 0 Å². The molecule has 0 radical (unpaired) electrons. The van der Waals surface area contributed by atoms with Gasteiger partial charge in [-0.1, -0.05) is 6.07 Å². The largest absolute Gasteiger partial charge is 0.496 e. The number of ether oxygens (including phenoxy) is 1. The summed E-state index contributed by atoms with van der Waals surface area (Å²) in [6.45, 7) is 3.54. The zero-order valence-electron chi connectivity index (χ0n) is 10.1. The fourth-order valence-electron chi connectivity index (χ4n) is 1.44. The summed E-state index contributed by atoms with van der Waals surface area (Å²) >= 11 is 0. The zero-order valence-corrected chi connectivity index (χ0v) is 10.1. The first-order chi connectivity index (χ1) is 7.49. The van der Waals surface area contributed by atoms with E-state index in [1.165, 1.54) is 21.0 Å². The molecule has 0 fully saturated rings. The van der Waals surface area contributed by atoms with Crippen LogP contribution in [0.2, 0.25) is 0 Å². The Morgan fingerprint density at radius 2 is 2.00 bits per heavy atom. The molecule has 1 aromatic carbocycles. The van der Waals surface area contributed by atoms with E-state index < -0.39 is 5.67 Å². The second-order valence-electron chi connectivity index (χ2n) is 4.02. The van der Waals surface area contributed by atoms with Gasteiger partial charge in [-0.15, -0.1) is 0 Å². The highest BCUT2D eigenvalue weighted by Gasteiger charge is 2.20. The molecule has 0 heterocycles. The van der Waals surface area contributed by atoms with Gasteiger partial charge in [0, 0.05) is 12.1 Å². The molecule has 1 N–H and O–H groups in total. The highest BCUT2D eigenvalue weighted by atomic mass is 19.1. The number of hydrogen-bond donors (Lipinski definition) is 1. The third kappa shape index (κ3) is 3.18. The van der Waals surface area contributed by atoms with E-state index in [1.54, 1.807) is 25.3 Å². The first-order valence-electron chi connectivity index (χ1n) is 5.11. The summed E-state index contributed by atoms with van der Waals surface area (Å²) in [5.41, 5.74) is 2.86. The summed E-state index contributed by atoms with van der Waals surface area (Å²) in [6, 6.07) is 5.28. The Bertz CT molecular complexity index is 347. The lowest BCUT2D eigenvalue weighted by Crippen LogP contribution is -2.14. The fourth-order valence-corrected chi connectivity index (χ4v) is 1.44. The number of hydrogen-bond acceptors (Lipinski definition) is 3. The van der Waals surface area contributed by atoms with E-state index in [2.05, 4.69) is 5.48 Å². The van der Waals surface area contributed by atoms with Crippen molar-refractivity contribution in [1.29, 1.82) is 0 Å². The topological polar surface area (TPSA) is 30.5 Å². The van der Waals surface area contributed by atoms with Crippen LogP contribution in [0.4, 0.5) is 4.39 Å². The van der Waals surface area contributed by atoms with Crippen molar-refractivity contribution < 1.29 is 14.0 Å². The van der Waals surface area contributed by atoms with Crippen molar-refractivity contribution >= 4 is 0 Å². The van der Waals surface area contributed by atoms with E-state index in [-0.39, 0.29) is 0 Å². The second kappa shape index (κ2) is 5.27. The summed E-state index contributed by atoms with van der Waals surface area (Å²) in [5.74, 6) is 0.720. The van der Waals surface area contributed by atoms with Crippen molar-refractivity contribution in [1.82, 2.24) is 5.48 Å². The molecular weight excluding hydrogens is 209 g/mol. The van der Waals surface area contributed by atoms with Crippen molar-refractivity contribution in [2.45, 2.75) is 26.1 Å². The number of halogens is 1. The first kappa shape index (κ1) is 12.9. The molecule has 0 spiro atoms. The maximum atomic E-state index is 13.8. The molecule has 0 atom stereocenters. The van der Waals surface area contributed by atoms with E-state index in [1.807, 2.05) is 0 Å². The van der Waals surface area contributed by atoms with Crippen molar-refractivity contribution in [3.63, 3.8) is 0 Å². The Kier molecular flexibility index (Phi) is 4.26. The van der Waals surface area contributed by atoms with Crippen molar-refractivity contribution in [2.24, 2.45) is 0 Å². The van der Waals surface area contributed by atoms with E-state index in [0.717, 1.165) is 11.3 Å². The number of benzene rings is 1. The predicted octanol–water partition coefficient (Wildman–Crippen LogP) is 2.55. The first-order valence-corrected chi connectivity index (χ1v) is 5.11. The number of alkyl halides is 1. The monoisotopic (exact) mass is 227 g/mol. The number of hydroxylamine groups is 1. The minimum atomic E-state index is -1.35. The molecule has 90 valence electrons. The normalized spacial score (nSPS) is 11.6. The molecule has 0 aromatic heterocycles. The van der Waals surface area contributed by atoms with Gasteiger partial charge in [0.15, 0.2) is 0 Å². The van der Waals surface area contributed by atoms with Gasteiger partial charge in [-0.05, 0) is 31.5 Å². The summed E-state index contributed by atoms with van der Waals surface area (Å²) < 4.78 is 19.0. The van der Waals surface area contributed by atoms with Crippen LogP contribution in [-0.2, 0) is 17.1 Å². The average molecular weight is 227 g/mol. The zero-order chi connectivity index (χ0) is 12.2. The third-order valence-electron chi connectivity index (χ3n) is 2.37. The molecule has 3 nitrogen and oxygen atoms in total. The van der Waals surface area contributed by atoms with Crippen LogP contribution in [-0.4, -0.2) is 14.2 Å². The summed E-state index contributed by atoms with van der Waals surface area (Å²) in [6.07, 6.45) is 0. The van der Waals surface area contributed by atoms with Crippen molar-refractivity contribution in [2.75, 3.05) is 14.2 Å². The van der Waals surface area contributed by atoms with E-state index in [0.29, 0.717) is 12.1 Å². The van der Waals surface area contributed by atoms with Gasteiger partial charge in [0.05, 0.1) is 14.2 Å². The molecule has 0 saturated carbocycles. The quantitative estimate of drug-likeness (QED) is 0.784. The van der Waals surface area contributed by atoms with Crippen LogP contribution >= 0.6 is 0 Å². The van der Waals surface area contributed by atoms with E-state index in [9.17, 15) is 4.39 Å². The van der Waals surface area contributed by atoms with Crippen molar-refractivity contribution in [3.8, 4) is 5.75 Å². The Hall–Kier alpha value is -1.13. The van der Waals surface area contributed by atoms with Crippen LogP contribution in [0.15, 0.2) is 18.2 Å². The lowest BCUT2D eigenvalue weighted by Gasteiger charge is -2.17. The maximum absolute atomic E-state index is 13.8. The van der Waals surface area contributed by atoms with Gasteiger partial charge in [-0.3, -0.25) is 0 Å². The summed E-state index contributed by atoms with van der Waals surface area (Å²) in [5, 5.41) is 0. The van der Waals surface area contributed by atoms with Crippen LogP contribution in [0.1, 0.15) is 25.0 Å². The minimum absolute atomic E-state index is 0.476. The molecule has 0 aliphatic heterocycles. The maximum Gasteiger partial charge on any atom is 0.130 e. The molecule has 0 unspecified atom stereocenters. The van der Waals surface area contributed by atoms with Gasteiger partial charge in [0.25, 0.3) is 0 Å². The SMILES string of the molecule is CONCc1cc(C(C)(C)F)ccc1OC. The highest BCUT2D eigenvalue weighted by molar-refractivity contribution is 5.39. The van der Waals surface area contributed by atoms with Gasteiger partial charge in [-0.2, -0.15) is 5.48 Å². The standard InChI is InChI=1S/C12H18FNO2/c1-12(2,13)10-5-6-11(15-3)9(7-10)8-14-16-4/h5-7,14H,8H2,1-4H3. The van der Waals surface area contributed by atoms with Crippen molar-refractivity contribution in [3.05, 3.63) is 29.3 Å². The molecular formula is C12H18FNO2. The van der Waals surface area contributed by atoms with Crippen LogP contribution < -0.4 is 10.2 Å². The molecule has 4 heteroatoms. The highest BCUT2D eigenvalue weighted by Crippen LogP contribution is 2.29. The van der Waals surface area contributed by atoms with Gasteiger partial charge in [0.2, 0.25) is 0 Å². The van der Waals surface area contributed by atoms with Gasteiger partial charge < -0.3 is 9.57 Å². The smallest absolute Gasteiger partial charge is 0.130 e. The summed E-state index contributed by atoms with van der Waals surface area (Å²) in [7, 11) is 3.13. The predicted molar refractivity (Wildman–Crippen MR) is 61.0 cm³/mol. The van der Waals surface area contributed by atoms with Crippen LogP contribution in [0.3, 0.4) is 0 Å². The Morgan fingerprint density at radius 3 is 2.50 bits per heavy atom. The lowest BCUT2D eigenvalue weighted by molar-refractivity contribution is 0.0860. The fraction of sp³-hybridized carbons (Fsp3) is 0.500. The average Bonchev–Trinajstić information content (AvgIpc) is 2.24. The number of nitrogens with one attached hydrogen (secondary N) is 1. The lowest BCUT2D eigenvalue weighted by atomic mass is 9.97. The van der Waals surface area contributed by atoms with E-state index in [4.69, 9.17) is 9.57 Å². The Balaban J connectivity index is 3.01. The third-order valence-corrected chi connectivity index (χ3v) is 2.37. The van der Waals surface area contributed by atoms with Crippen LogP contribution in [0.25, 0.3) is 0 Å². The second-order valence-corrected chi connectivity index (χ2v) is 4.02. The van der Waals surface area contributed by atoms with Gasteiger partial charge in [-0.25, -0.2) is 4.39 Å². The molecule has 1 aromatic rings. The minimum Gasteiger partial charge on any atom is -0.496 e. The van der Waals surface area contributed by atoms with E-state index >= 15 is 0 Å². The molecule has 0 amide bonds. The van der Waals surface area contributed by atoms with Gasteiger partial charge in [0.1, 0.15) is 11.4 Å². The molecule has 0 aliphatic carbocycles. The molecule has 0 bridgehead atoms. The number of methoxy groups -OCH3 is 1. The molecule has 0 saturated heterocycles. The Morgan fingerprint density at radius 1 is 1.31 bits per heavy atom. The molecule has 1 rings (SSSR count). The summed E-state index contributed by atoms with van der Waals surface area (Å²) in [4.78, 5) is 4.77. The number of rotatable bonds is 5. The molecule has 16 heavy (non-hydrogen) atoms. The van der Waals surface area contributed by atoms with Crippen LogP contribution in [0.5, 0.6) is 5.75 Å². The molecule has 0 aliphatic rings. The Labute approximate surface area is 95.5 Å².